The highest BCUT2D eigenvalue weighted by Crippen LogP contribution is 2.35. The number of halogens is 1. The number of aromatic nitrogens is 1. The second-order valence-electron chi connectivity index (χ2n) is 7.71. The molecule has 4 aromatic rings. The Labute approximate surface area is 190 Å². The molecular formula is C25H23ClN2O2S. The van der Waals surface area contributed by atoms with Crippen LogP contribution in [0.2, 0.25) is 5.02 Å². The molecule has 4 nitrogen and oxygen atoms in total. The third-order valence-corrected chi connectivity index (χ3v) is 6.31. The summed E-state index contributed by atoms with van der Waals surface area (Å²) >= 11 is 8.10. The maximum Gasteiger partial charge on any atom is 0.262 e. The molecule has 0 saturated heterocycles. The first kappa shape index (κ1) is 21.3. The summed E-state index contributed by atoms with van der Waals surface area (Å²) in [6, 6.07) is 19.5. The van der Waals surface area contributed by atoms with Gasteiger partial charge in [0.2, 0.25) is 0 Å². The van der Waals surface area contributed by atoms with Crippen LogP contribution in [0.25, 0.3) is 20.8 Å². The maximum absolute atomic E-state index is 12.4. The monoisotopic (exact) mass is 450 g/mol. The Kier molecular flexibility index (Phi) is 6.25. The number of hydrogen-bond acceptors (Lipinski definition) is 4. The van der Waals surface area contributed by atoms with Crippen LogP contribution in [0, 0.1) is 6.92 Å². The number of fused-ring (bicyclic) bond motifs is 1. The molecular weight excluding hydrogens is 428 g/mol. The number of carbonyl (C=O) groups excluding carboxylic acids is 1. The summed E-state index contributed by atoms with van der Waals surface area (Å²) in [7, 11) is 0. The Balaban J connectivity index is 1.45. The smallest absolute Gasteiger partial charge is 0.262 e. The average Bonchev–Trinajstić information content (AvgIpc) is 3.16. The number of carbonyl (C=O) groups is 1. The number of benzene rings is 3. The van der Waals surface area contributed by atoms with Crippen LogP contribution in [0.15, 0.2) is 60.7 Å². The summed E-state index contributed by atoms with van der Waals surface area (Å²) in [5.41, 5.74) is 4.60. The first-order valence-electron chi connectivity index (χ1n) is 10.1. The minimum atomic E-state index is -0.236. The zero-order valence-electron chi connectivity index (χ0n) is 17.6. The summed E-state index contributed by atoms with van der Waals surface area (Å²) in [4.78, 5) is 17.1. The number of ether oxygens (including phenoxy) is 1. The third-order valence-electron chi connectivity index (χ3n) is 4.93. The van der Waals surface area contributed by atoms with Crippen molar-refractivity contribution in [3.8, 4) is 16.3 Å². The Hall–Kier alpha value is -2.89. The zero-order chi connectivity index (χ0) is 22.0. The van der Waals surface area contributed by atoms with Crippen LogP contribution in [-0.2, 0) is 4.79 Å². The SMILES string of the molecule is Cc1ccc(C(C)C)c(OCC(=O)Nc2ccc(-c3nc4ccccc4s3)c(Cl)c2)c1. The molecule has 0 radical (unpaired) electrons. The standard InChI is InChI=1S/C25H23ClN2O2S/c1-15(2)18-10-8-16(3)12-22(18)30-14-24(29)27-17-9-11-19(20(26)13-17)25-28-21-6-4-5-7-23(21)31-25/h4-13,15H,14H2,1-3H3,(H,27,29). The highest BCUT2D eigenvalue weighted by Gasteiger charge is 2.13. The summed E-state index contributed by atoms with van der Waals surface area (Å²) in [5, 5.41) is 4.25. The van der Waals surface area contributed by atoms with Crippen molar-refractivity contribution in [1.82, 2.24) is 4.98 Å². The molecule has 4 rings (SSSR count). The molecule has 0 aliphatic heterocycles. The highest BCUT2D eigenvalue weighted by molar-refractivity contribution is 7.21. The molecule has 0 saturated carbocycles. The molecule has 0 fully saturated rings. The van der Waals surface area contributed by atoms with E-state index < -0.39 is 0 Å². The summed E-state index contributed by atoms with van der Waals surface area (Å²) < 4.78 is 6.93. The third kappa shape index (κ3) is 4.89. The van der Waals surface area contributed by atoms with E-state index in [0.29, 0.717) is 16.6 Å². The molecule has 0 aliphatic rings. The van der Waals surface area contributed by atoms with E-state index >= 15 is 0 Å². The van der Waals surface area contributed by atoms with Crippen molar-refractivity contribution in [2.75, 3.05) is 11.9 Å². The molecule has 0 unspecified atom stereocenters. The predicted octanol–water partition coefficient (Wildman–Crippen LogP) is 7.07. The Morgan fingerprint density at radius 3 is 2.68 bits per heavy atom. The second-order valence-corrected chi connectivity index (χ2v) is 9.15. The van der Waals surface area contributed by atoms with Crippen molar-refractivity contribution in [3.63, 3.8) is 0 Å². The van der Waals surface area contributed by atoms with Gasteiger partial charge in [-0.1, -0.05) is 49.7 Å². The van der Waals surface area contributed by atoms with Gasteiger partial charge in [0.15, 0.2) is 6.61 Å². The molecule has 6 heteroatoms. The lowest BCUT2D eigenvalue weighted by atomic mass is 10.0. The Bertz CT molecular complexity index is 1220. The lowest BCUT2D eigenvalue weighted by molar-refractivity contribution is -0.118. The van der Waals surface area contributed by atoms with E-state index in [0.717, 1.165) is 37.7 Å². The lowest BCUT2D eigenvalue weighted by Crippen LogP contribution is -2.20. The summed E-state index contributed by atoms with van der Waals surface area (Å²) in [5.74, 6) is 0.821. The lowest BCUT2D eigenvalue weighted by Gasteiger charge is -2.15. The fraction of sp³-hybridized carbons (Fsp3) is 0.200. The topological polar surface area (TPSA) is 51.2 Å². The fourth-order valence-electron chi connectivity index (χ4n) is 3.34. The normalized spacial score (nSPS) is 11.1. The molecule has 0 spiro atoms. The minimum Gasteiger partial charge on any atom is -0.483 e. The van der Waals surface area contributed by atoms with Gasteiger partial charge < -0.3 is 10.1 Å². The molecule has 1 N–H and O–H groups in total. The number of nitrogens with zero attached hydrogens (tertiary/aromatic N) is 1. The van der Waals surface area contributed by atoms with Crippen molar-refractivity contribution in [3.05, 3.63) is 76.8 Å². The first-order valence-corrected chi connectivity index (χ1v) is 11.3. The van der Waals surface area contributed by atoms with E-state index in [9.17, 15) is 4.79 Å². The van der Waals surface area contributed by atoms with Gasteiger partial charge >= 0.3 is 0 Å². The predicted molar refractivity (Wildman–Crippen MR) is 129 cm³/mol. The van der Waals surface area contributed by atoms with E-state index in [2.05, 4.69) is 30.2 Å². The van der Waals surface area contributed by atoms with Crippen LogP contribution < -0.4 is 10.1 Å². The number of para-hydroxylation sites is 1. The van der Waals surface area contributed by atoms with Crippen LogP contribution in [-0.4, -0.2) is 17.5 Å². The molecule has 1 aromatic heterocycles. The molecule has 158 valence electrons. The number of thiazole rings is 1. The number of amides is 1. The van der Waals surface area contributed by atoms with E-state index in [4.69, 9.17) is 16.3 Å². The number of anilines is 1. The maximum atomic E-state index is 12.4. The van der Waals surface area contributed by atoms with Gasteiger partial charge in [-0.2, -0.15) is 0 Å². The Morgan fingerprint density at radius 2 is 1.94 bits per heavy atom. The van der Waals surface area contributed by atoms with Gasteiger partial charge in [0.25, 0.3) is 5.91 Å². The van der Waals surface area contributed by atoms with Gasteiger partial charge in [-0.3, -0.25) is 4.79 Å². The quantitative estimate of drug-likeness (QED) is 0.342. The van der Waals surface area contributed by atoms with E-state index in [1.54, 1.807) is 17.4 Å². The van der Waals surface area contributed by atoms with Gasteiger partial charge in [0.05, 0.1) is 15.2 Å². The van der Waals surface area contributed by atoms with Crippen molar-refractivity contribution >= 4 is 44.7 Å². The number of rotatable bonds is 6. The van der Waals surface area contributed by atoms with Gasteiger partial charge in [-0.25, -0.2) is 4.98 Å². The minimum absolute atomic E-state index is 0.0690. The summed E-state index contributed by atoms with van der Waals surface area (Å²) in [6.45, 7) is 6.14. The van der Waals surface area contributed by atoms with E-state index in [1.165, 1.54) is 0 Å². The van der Waals surface area contributed by atoms with Gasteiger partial charge in [-0.05, 0) is 60.4 Å². The number of nitrogens with one attached hydrogen (secondary N) is 1. The fourth-order valence-corrected chi connectivity index (χ4v) is 4.67. The second kappa shape index (κ2) is 9.08. The van der Waals surface area contributed by atoms with Crippen molar-refractivity contribution < 1.29 is 9.53 Å². The highest BCUT2D eigenvalue weighted by atomic mass is 35.5. The average molecular weight is 451 g/mol. The Morgan fingerprint density at radius 1 is 1.13 bits per heavy atom. The van der Waals surface area contributed by atoms with Gasteiger partial charge in [-0.15, -0.1) is 11.3 Å². The van der Waals surface area contributed by atoms with Crippen LogP contribution in [0.5, 0.6) is 5.75 Å². The van der Waals surface area contributed by atoms with Gasteiger partial charge in [0, 0.05) is 11.3 Å². The van der Waals surface area contributed by atoms with E-state index in [-0.39, 0.29) is 12.5 Å². The molecule has 1 heterocycles. The largest absolute Gasteiger partial charge is 0.483 e. The number of hydrogen-bond donors (Lipinski definition) is 1. The first-order chi connectivity index (χ1) is 14.9. The van der Waals surface area contributed by atoms with Crippen molar-refractivity contribution in [1.29, 1.82) is 0 Å². The van der Waals surface area contributed by atoms with Crippen molar-refractivity contribution in [2.45, 2.75) is 26.7 Å². The van der Waals surface area contributed by atoms with E-state index in [1.807, 2.05) is 55.5 Å². The molecule has 1 amide bonds. The van der Waals surface area contributed by atoms with Crippen LogP contribution in [0.1, 0.15) is 30.9 Å². The van der Waals surface area contributed by atoms with Crippen molar-refractivity contribution in [2.24, 2.45) is 0 Å². The molecule has 0 atom stereocenters. The van der Waals surface area contributed by atoms with Crippen LogP contribution in [0.3, 0.4) is 0 Å². The van der Waals surface area contributed by atoms with Crippen LogP contribution in [0.4, 0.5) is 5.69 Å². The number of aryl methyl sites for hydroxylation is 1. The molecule has 3 aromatic carbocycles. The molecule has 31 heavy (non-hydrogen) atoms. The van der Waals surface area contributed by atoms with Gasteiger partial charge in [0.1, 0.15) is 10.8 Å². The molecule has 0 aliphatic carbocycles. The zero-order valence-corrected chi connectivity index (χ0v) is 19.2. The van der Waals surface area contributed by atoms with Crippen LogP contribution >= 0.6 is 22.9 Å². The summed E-state index contributed by atoms with van der Waals surface area (Å²) in [6.07, 6.45) is 0. The molecule has 0 bridgehead atoms.